The van der Waals surface area contributed by atoms with E-state index in [0.717, 1.165) is 16.6 Å². The molecular formula is C22H45NS2. The molecule has 0 atom stereocenters. The van der Waals surface area contributed by atoms with Gasteiger partial charge in [0.1, 0.15) is 4.32 Å². The quantitative estimate of drug-likeness (QED) is 0.177. The van der Waals surface area contributed by atoms with Crippen LogP contribution in [0.2, 0.25) is 0 Å². The summed E-state index contributed by atoms with van der Waals surface area (Å²) >= 11 is 7.07. The van der Waals surface area contributed by atoms with E-state index >= 15 is 0 Å². The van der Waals surface area contributed by atoms with Gasteiger partial charge in [-0.2, -0.15) is 0 Å². The van der Waals surface area contributed by atoms with Crippen molar-refractivity contribution in [3.63, 3.8) is 0 Å². The Morgan fingerprint density at radius 2 is 1.00 bits per heavy atom. The predicted octanol–water partition coefficient (Wildman–Crippen LogP) is 8.27. The molecule has 0 aromatic carbocycles. The lowest BCUT2D eigenvalue weighted by atomic mass is 10.0. The third kappa shape index (κ3) is 22.2. The molecule has 1 nitrogen and oxygen atoms in total. The van der Waals surface area contributed by atoms with E-state index in [1.165, 1.54) is 109 Å². The van der Waals surface area contributed by atoms with Gasteiger partial charge >= 0.3 is 0 Å². The number of nitrogens with one attached hydrogen (secondary N) is 1. The maximum atomic E-state index is 5.28. The van der Waals surface area contributed by atoms with E-state index in [-0.39, 0.29) is 0 Å². The van der Waals surface area contributed by atoms with Crippen LogP contribution >= 0.6 is 24.0 Å². The average Bonchev–Trinajstić information content (AvgIpc) is 2.62. The zero-order valence-corrected chi connectivity index (χ0v) is 18.9. The standard InChI is InChI=1S/C22H45NS2/c1-3-5-6-7-8-9-10-11-12-13-14-15-16-17-18-19-20-23-22(24)25-21-4-2/h3-21H2,1-2H3,(H,23,24). The molecule has 150 valence electrons. The van der Waals surface area contributed by atoms with E-state index < -0.39 is 0 Å². The number of thioether (sulfide) groups is 1. The van der Waals surface area contributed by atoms with Crippen molar-refractivity contribution < 1.29 is 0 Å². The summed E-state index contributed by atoms with van der Waals surface area (Å²) in [5.74, 6) is 1.14. The zero-order valence-electron chi connectivity index (χ0n) is 17.3. The Balaban J connectivity index is 3.04. The van der Waals surface area contributed by atoms with Crippen LogP contribution in [0.1, 0.15) is 123 Å². The van der Waals surface area contributed by atoms with Gasteiger partial charge in [0, 0.05) is 6.54 Å². The molecule has 0 bridgehead atoms. The molecule has 0 heterocycles. The van der Waals surface area contributed by atoms with Crippen molar-refractivity contribution in [1.29, 1.82) is 0 Å². The highest BCUT2D eigenvalue weighted by Gasteiger charge is 1.96. The summed E-state index contributed by atoms with van der Waals surface area (Å²) in [7, 11) is 0. The molecule has 0 saturated heterocycles. The minimum atomic E-state index is 0.989. The molecule has 0 aromatic heterocycles. The maximum absolute atomic E-state index is 5.28. The highest BCUT2D eigenvalue weighted by molar-refractivity contribution is 8.22. The lowest BCUT2D eigenvalue weighted by Gasteiger charge is -2.06. The van der Waals surface area contributed by atoms with Crippen molar-refractivity contribution in [1.82, 2.24) is 5.32 Å². The van der Waals surface area contributed by atoms with E-state index in [1.54, 1.807) is 11.8 Å². The van der Waals surface area contributed by atoms with Gasteiger partial charge in [-0.25, -0.2) is 0 Å². The predicted molar refractivity (Wildman–Crippen MR) is 123 cm³/mol. The summed E-state index contributed by atoms with van der Waals surface area (Å²) in [4.78, 5) is 0. The number of thiocarbonyl (C=S) groups is 1. The van der Waals surface area contributed by atoms with Crippen molar-refractivity contribution >= 4 is 28.3 Å². The Kier molecular flexibility index (Phi) is 22.5. The number of hydrogen-bond acceptors (Lipinski definition) is 2. The molecule has 0 aromatic rings. The van der Waals surface area contributed by atoms with Gasteiger partial charge in [-0.15, -0.1) is 0 Å². The van der Waals surface area contributed by atoms with Gasteiger partial charge < -0.3 is 5.32 Å². The summed E-state index contributed by atoms with van der Waals surface area (Å²) in [6.45, 7) is 5.56. The second-order valence-electron chi connectivity index (χ2n) is 7.37. The maximum Gasteiger partial charge on any atom is 0.133 e. The molecule has 0 aliphatic rings. The summed E-state index contributed by atoms with van der Waals surface area (Å²) in [6.07, 6.45) is 24.0. The van der Waals surface area contributed by atoms with Crippen LogP contribution < -0.4 is 5.32 Å². The van der Waals surface area contributed by atoms with Gasteiger partial charge in [-0.1, -0.05) is 134 Å². The first-order chi connectivity index (χ1) is 12.3. The average molecular weight is 388 g/mol. The molecule has 0 aliphatic carbocycles. The largest absolute Gasteiger partial charge is 0.371 e. The fraction of sp³-hybridized carbons (Fsp3) is 0.955. The summed E-state index contributed by atoms with van der Waals surface area (Å²) in [5.41, 5.74) is 0. The van der Waals surface area contributed by atoms with Crippen LogP contribution in [-0.2, 0) is 0 Å². The van der Waals surface area contributed by atoms with Crippen LogP contribution in [0.5, 0.6) is 0 Å². The molecule has 0 amide bonds. The van der Waals surface area contributed by atoms with E-state index in [9.17, 15) is 0 Å². The van der Waals surface area contributed by atoms with Crippen molar-refractivity contribution in [2.24, 2.45) is 0 Å². The highest BCUT2D eigenvalue weighted by Crippen LogP contribution is 2.13. The normalized spacial score (nSPS) is 11.0. The van der Waals surface area contributed by atoms with Gasteiger partial charge in [-0.3, -0.25) is 0 Å². The molecule has 25 heavy (non-hydrogen) atoms. The molecule has 0 aliphatic heterocycles. The molecule has 1 N–H and O–H groups in total. The molecule has 3 heteroatoms. The second kappa shape index (κ2) is 22.3. The van der Waals surface area contributed by atoms with Crippen LogP contribution in [0.15, 0.2) is 0 Å². The Hall–Kier alpha value is 0.240. The second-order valence-corrected chi connectivity index (χ2v) is 9.14. The topological polar surface area (TPSA) is 12.0 Å². The van der Waals surface area contributed by atoms with Crippen molar-refractivity contribution in [3.05, 3.63) is 0 Å². The first-order valence-electron chi connectivity index (χ1n) is 11.2. The van der Waals surface area contributed by atoms with Crippen LogP contribution in [0.4, 0.5) is 0 Å². The fourth-order valence-corrected chi connectivity index (χ4v) is 4.06. The van der Waals surface area contributed by atoms with E-state index in [0.29, 0.717) is 0 Å². The van der Waals surface area contributed by atoms with E-state index in [1.807, 2.05) is 0 Å². The summed E-state index contributed by atoms with van der Waals surface area (Å²) in [5, 5.41) is 3.36. The molecular weight excluding hydrogens is 342 g/mol. The monoisotopic (exact) mass is 387 g/mol. The molecule has 0 spiro atoms. The Morgan fingerprint density at radius 1 is 0.600 bits per heavy atom. The van der Waals surface area contributed by atoms with Gasteiger partial charge in [0.05, 0.1) is 0 Å². The van der Waals surface area contributed by atoms with E-state index in [2.05, 4.69) is 19.2 Å². The first-order valence-corrected chi connectivity index (χ1v) is 12.6. The zero-order chi connectivity index (χ0) is 18.4. The SMILES string of the molecule is CCCCCCCCCCCCCCCCCCNC(=S)SCCC. The molecule has 0 rings (SSSR count). The minimum Gasteiger partial charge on any atom is -0.371 e. The van der Waals surface area contributed by atoms with Crippen LogP contribution in [0.3, 0.4) is 0 Å². The summed E-state index contributed by atoms with van der Waals surface area (Å²) in [6, 6.07) is 0. The fourth-order valence-electron chi connectivity index (χ4n) is 3.11. The summed E-state index contributed by atoms with van der Waals surface area (Å²) < 4.78 is 0.989. The Morgan fingerprint density at radius 3 is 1.40 bits per heavy atom. The molecule has 0 fully saturated rings. The van der Waals surface area contributed by atoms with Crippen molar-refractivity contribution in [3.8, 4) is 0 Å². The number of rotatable bonds is 19. The Bertz CT molecular complexity index is 269. The van der Waals surface area contributed by atoms with E-state index in [4.69, 9.17) is 12.2 Å². The third-order valence-corrected chi connectivity index (χ3v) is 6.25. The van der Waals surface area contributed by atoms with Gasteiger partial charge in [0.15, 0.2) is 0 Å². The van der Waals surface area contributed by atoms with Gasteiger partial charge in [-0.05, 0) is 18.6 Å². The van der Waals surface area contributed by atoms with Crippen LogP contribution in [0, 0.1) is 0 Å². The highest BCUT2D eigenvalue weighted by atomic mass is 32.2. The minimum absolute atomic E-state index is 0.989. The lowest BCUT2D eigenvalue weighted by molar-refractivity contribution is 0.529. The molecule has 0 radical (unpaired) electrons. The number of hydrogen-bond donors (Lipinski definition) is 1. The van der Waals surface area contributed by atoms with Gasteiger partial charge in [0.25, 0.3) is 0 Å². The van der Waals surface area contributed by atoms with Crippen LogP contribution in [-0.4, -0.2) is 16.6 Å². The Labute approximate surface area is 168 Å². The van der Waals surface area contributed by atoms with Crippen molar-refractivity contribution in [2.75, 3.05) is 12.3 Å². The first kappa shape index (κ1) is 25.2. The van der Waals surface area contributed by atoms with Crippen LogP contribution in [0.25, 0.3) is 0 Å². The smallest absolute Gasteiger partial charge is 0.133 e. The van der Waals surface area contributed by atoms with Crippen molar-refractivity contribution in [2.45, 2.75) is 123 Å². The molecule has 0 saturated carbocycles. The third-order valence-electron chi connectivity index (χ3n) is 4.74. The van der Waals surface area contributed by atoms with Gasteiger partial charge in [0.2, 0.25) is 0 Å². The molecule has 0 unspecified atom stereocenters. The lowest BCUT2D eigenvalue weighted by Crippen LogP contribution is -2.19. The number of unbranched alkanes of at least 4 members (excludes halogenated alkanes) is 15.